The Morgan fingerprint density at radius 1 is 1.10 bits per heavy atom. The monoisotopic (exact) mass is 286 g/mol. The molecule has 0 aliphatic rings. The Morgan fingerprint density at radius 3 is 2.43 bits per heavy atom. The summed E-state index contributed by atoms with van der Waals surface area (Å²) in [7, 11) is 2.98. The van der Waals surface area contributed by atoms with Crippen molar-refractivity contribution in [1.82, 2.24) is 28.9 Å². The molecule has 0 fully saturated rings. The summed E-state index contributed by atoms with van der Waals surface area (Å²) in [5.74, 6) is 0.469. The normalized spacial score (nSPS) is 11.2. The third-order valence-corrected chi connectivity index (χ3v) is 3.37. The van der Waals surface area contributed by atoms with E-state index in [2.05, 4.69) is 15.1 Å². The Morgan fingerprint density at radius 2 is 1.81 bits per heavy atom. The third-order valence-electron chi connectivity index (χ3n) is 3.37. The molecular formula is C13H14N6O2. The summed E-state index contributed by atoms with van der Waals surface area (Å²) < 4.78 is 3.95. The molecule has 3 aromatic rings. The van der Waals surface area contributed by atoms with Crippen LogP contribution in [0.15, 0.2) is 21.9 Å². The molecule has 0 spiro atoms. The summed E-state index contributed by atoms with van der Waals surface area (Å²) in [6, 6.07) is 1.91. The molecule has 0 unspecified atom stereocenters. The summed E-state index contributed by atoms with van der Waals surface area (Å²) in [5, 5.41) is 4.32. The van der Waals surface area contributed by atoms with Gasteiger partial charge in [-0.15, -0.1) is 0 Å². The van der Waals surface area contributed by atoms with Crippen LogP contribution in [0.1, 0.15) is 11.4 Å². The van der Waals surface area contributed by atoms with Crippen molar-refractivity contribution in [3.05, 3.63) is 44.5 Å². The maximum Gasteiger partial charge on any atom is 0.332 e. The van der Waals surface area contributed by atoms with Crippen LogP contribution in [-0.2, 0) is 14.1 Å². The molecule has 0 N–H and O–H groups in total. The van der Waals surface area contributed by atoms with Gasteiger partial charge in [-0.05, 0) is 19.9 Å². The zero-order valence-corrected chi connectivity index (χ0v) is 12.2. The van der Waals surface area contributed by atoms with E-state index in [1.165, 1.54) is 17.8 Å². The molecule has 0 radical (unpaired) electrons. The van der Waals surface area contributed by atoms with Gasteiger partial charge < -0.3 is 0 Å². The maximum absolute atomic E-state index is 12.0. The molecular weight excluding hydrogens is 272 g/mol. The highest BCUT2D eigenvalue weighted by molar-refractivity contribution is 5.69. The number of fused-ring (bicyclic) bond motifs is 1. The van der Waals surface area contributed by atoms with Gasteiger partial charge in [0.05, 0.1) is 11.9 Å². The van der Waals surface area contributed by atoms with E-state index in [4.69, 9.17) is 0 Å². The van der Waals surface area contributed by atoms with Crippen LogP contribution in [0.2, 0.25) is 0 Å². The molecule has 3 rings (SSSR count). The molecule has 0 saturated heterocycles. The lowest BCUT2D eigenvalue weighted by atomic mass is 10.4. The molecule has 0 saturated carbocycles. The zero-order chi connectivity index (χ0) is 15.3. The molecule has 0 aliphatic heterocycles. The summed E-state index contributed by atoms with van der Waals surface area (Å²) in [6.07, 6.45) is 1.48. The van der Waals surface area contributed by atoms with Crippen molar-refractivity contribution < 1.29 is 0 Å². The minimum Gasteiger partial charge on any atom is -0.279 e. The van der Waals surface area contributed by atoms with Gasteiger partial charge in [0.15, 0.2) is 17.0 Å². The number of hydrogen-bond acceptors (Lipinski definition) is 5. The molecule has 3 aromatic heterocycles. The predicted molar refractivity (Wildman–Crippen MR) is 76.6 cm³/mol. The molecule has 0 aliphatic carbocycles. The second kappa shape index (κ2) is 4.37. The smallest absolute Gasteiger partial charge is 0.279 e. The molecule has 0 aromatic carbocycles. The molecule has 108 valence electrons. The fraction of sp³-hybridized carbons (Fsp3) is 0.308. The van der Waals surface area contributed by atoms with Crippen LogP contribution in [0.4, 0.5) is 0 Å². The third kappa shape index (κ3) is 1.87. The second-order valence-corrected chi connectivity index (χ2v) is 4.95. The van der Waals surface area contributed by atoms with Crippen LogP contribution in [0.5, 0.6) is 0 Å². The molecule has 21 heavy (non-hydrogen) atoms. The van der Waals surface area contributed by atoms with Crippen LogP contribution in [0.25, 0.3) is 17.0 Å². The van der Waals surface area contributed by atoms with Gasteiger partial charge in [-0.2, -0.15) is 5.10 Å². The van der Waals surface area contributed by atoms with E-state index in [1.807, 2.05) is 19.9 Å². The molecule has 0 amide bonds. The van der Waals surface area contributed by atoms with Gasteiger partial charge >= 0.3 is 5.69 Å². The van der Waals surface area contributed by atoms with E-state index in [9.17, 15) is 9.59 Å². The SMILES string of the molecule is Cc1cc(C)n(-c2cnc3c(=O)n(C)c(=O)n(C)c3n2)n1. The van der Waals surface area contributed by atoms with E-state index in [1.54, 1.807) is 11.7 Å². The Kier molecular flexibility index (Phi) is 2.75. The molecule has 8 heteroatoms. The fourth-order valence-corrected chi connectivity index (χ4v) is 2.28. The van der Waals surface area contributed by atoms with E-state index >= 15 is 0 Å². The first-order chi connectivity index (χ1) is 9.90. The zero-order valence-electron chi connectivity index (χ0n) is 12.2. The van der Waals surface area contributed by atoms with Gasteiger partial charge in [0.25, 0.3) is 5.56 Å². The fourth-order valence-electron chi connectivity index (χ4n) is 2.28. The van der Waals surface area contributed by atoms with Crippen molar-refractivity contribution >= 4 is 11.2 Å². The minimum absolute atomic E-state index is 0.157. The molecule has 0 atom stereocenters. The van der Waals surface area contributed by atoms with Crippen LogP contribution < -0.4 is 11.2 Å². The highest BCUT2D eigenvalue weighted by Gasteiger charge is 2.13. The van der Waals surface area contributed by atoms with E-state index in [-0.39, 0.29) is 11.2 Å². The predicted octanol–water partition coefficient (Wildman–Crippen LogP) is -0.170. The Bertz CT molecular complexity index is 979. The first-order valence-electron chi connectivity index (χ1n) is 6.36. The quantitative estimate of drug-likeness (QED) is 0.620. The van der Waals surface area contributed by atoms with Crippen LogP contribution in [0.3, 0.4) is 0 Å². The Labute approximate surface area is 119 Å². The maximum atomic E-state index is 12.0. The van der Waals surface area contributed by atoms with Gasteiger partial charge in [0.1, 0.15) is 0 Å². The molecule has 0 bridgehead atoms. The van der Waals surface area contributed by atoms with Crippen molar-refractivity contribution in [3.63, 3.8) is 0 Å². The first kappa shape index (κ1) is 13.2. The summed E-state index contributed by atoms with van der Waals surface area (Å²) >= 11 is 0. The lowest BCUT2D eigenvalue weighted by Crippen LogP contribution is -2.37. The van der Waals surface area contributed by atoms with E-state index < -0.39 is 11.2 Å². The minimum atomic E-state index is -0.458. The second-order valence-electron chi connectivity index (χ2n) is 4.95. The van der Waals surface area contributed by atoms with Gasteiger partial charge in [-0.25, -0.2) is 19.4 Å². The summed E-state index contributed by atoms with van der Waals surface area (Å²) in [6.45, 7) is 3.78. The van der Waals surface area contributed by atoms with Crippen LogP contribution in [-0.4, -0.2) is 28.9 Å². The van der Waals surface area contributed by atoms with Gasteiger partial charge in [0, 0.05) is 19.8 Å². The van der Waals surface area contributed by atoms with Crippen molar-refractivity contribution in [2.75, 3.05) is 0 Å². The van der Waals surface area contributed by atoms with E-state index in [0.29, 0.717) is 5.82 Å². The topological polar surface area (TPSA) is 87.6 Å². The first-order valence-corrected chi connectivity index (χ1v) is 6.36. The Balaban J connectivity index is 2.38. The van der Waals surface area contributed by atoms with Crippen molar-refractivity contribution in [2.24, 2.45) is 14.1 Å². The molecule has 3 heterocycles. The van der Waals surface area contributed by atoms with Crippen LogP contribution in [0, 0.1) is 13.8 Å². The number of aromatic nitrogens is 6. The average molecular weight is 286 g/mol. The highest BCUT2D eigenvalue weighted by atomic mass is 16.2. The Hall–Kier alpha value is -2.77. The number of nitrogens with zero attached hydrogens (tertiary/aromatic N) is 6. The lowest BCUT2D eigenvalue weighted by Gasteiger charge is -2.08. The van der Waals surface area contributed by atoms with E-state index in [0.717, 1.165) is 16.0 Å². The van der Waals surface area contributed by atoms with Crippen LogP contribution >= 0.6 is 0 Å². The van der Waals surface area contributed by atoms with Crippen molar-refractivity contribution in [1.29, 1.82) is 0 Å². The standard InChI is InChI=1S/C13H14N6O2/c1-7-5-8(2)19(16-7)9-6-14-10-11(15-9)17(3)13(21)18(4)12(10)20/h5-6H,1-4H3. The number of rotatable bonds is 1. The average Bonchev–Trinajstić information content (AvgIpc) is 2.81. The van der Waals surface area contributed by atoms with Crippen molar-refractivity contribution in [2.45, 2.75) is 13.8 Å². The van der Waals surface area contributed by atoms with Gasteiger partial charge in [-0.1, -0.05) is 0 Å². The highest BCUT2D eigenvalue weighted by Crippen LogP contribution is 2.10. The van der Waals surface area contributed by atoms with Crippen molar-refractivity contribution in [3.8, 4) is 5.82 Å². The van der Waals surface area contributed by atoms with Gasteiger partial charge in [-0.3, -0.25) is 13.9 Å². The summed E-state index contributed by atoms with van der Waals surface area (Å²) in [4.78, 5) is 32.5. The number of hydrogen-bond donors (Lipinski definition) is 0. The summed E-state index contributed by atoms with van der Waals surface area (Å²) in [5.41, 5.74) is 1.26. The lowest BCUT2D eigenvalue weighted by molar-refractivity contribution is 0.700. The molecule has 8 nitrogen and oxygen atoms in total. The number of aryl methyl sites for hydroxylation is 3. The largest absolute Gasteiger partial charge is 0.332 e. The van der Waals surface area contributed by atoms with Gasteiger partial charge in [0.2, 0.25) is 0 Å².